The van der Waals surface area contributed by atoms with Gasteiger partial charge < -0.3 is 25.4 Å². The molecule has 0 saturated heterocycles. The molecule has 4 rings (SSSR count). The molecule has 2 aromatic rings. The Hall–Kier alpha value is -3.22. The molecule has 1 fully saturated rings. The van der Waals surface area contributed by atoms with Gasteiger partial charge in [0.05, 0.1) is 6.54 Å². The van der Waals surface area contributed by atoms with Gasteiger partial charge in [0.1, 0.15) is 12.2 Å². The zero-order valence-corrected chi connectivity index (χ0v) is 17.3. The van der Waals surface area contributed by atoms with Crippen molar-refractivity contribution in [1.29, 1.82) is 0 Å². The number of carbonyl (C=O) groups is 2. The highest BCUT2D eigenvalue weighted by atomic mass is 16.5. The third kappa shape index (κ3) is 5.03. The van der Waals surface area contributed by atoms with Crippen molar-refractivity contribution < 1.29 is 19.1 Å². The molecule has 2 aromatic carbocycles. The molecule has 0 bridgehead atoms. The van der Waals surface area contributed by atoms with Gasteiger partial charge in [-0.1, -0.05) is 18.2 Å². The zero-order valence-electron chi connectivity index (χ0n) is 17.3. The fourth-order valence-corrected chi connectivity index (χ4v) is 3.45. The lowest BCUT2D eigenvalue weighted by molar-refractivity contribution is 0.0946. The van der Waals surface area contributed by atoms with Crippen LogP contribution >= 0.6 is 0 Å². The standard InChI is InChI=1S/C23H27N3O4/c1-23(2)14-16-6-4-8-19(20(16)30-23)29-12-11-24-21(27)15-5-3-7-18(13-15)26-22(28)25-17-9-10-17/h3-8,13,17H,9-12,14H2,1-2H3,(H,24,27)(H2,25,26,28). The van der Waals surface area contributed by atoms with Gasteiger partial charge in [-0.15, -0.1) is 0 Å². The maximum atomic E-state index is 12.4. The van der Waals surface area contributed by atoms with Crippen LogP contribution in [0.15, 0.2) is 42.5 Å². The topological polar surface area (TPSA) is 88.7 Å². The lowest BCUT2D eigenvalue weighted by Crippen LogP contribution is -2.31. The third-order valence-electron chi connectivity index (χ3n) is 5.00. The van der Waals surface area contributed by atoms with Gasteiger partial charge in [0.2, 0.25) is 0 Å². The SMILES string of the molecule is CC1(C)Cc2cccc(OCCNC(=O)c3cccc(NC(=O)NC4CC4)c3)c2O1. The Labute approximate surface area is 176 Å². The monoisotopic (exact) mass is 409 g/mol. The first kappa shape index (κ1) is 20.1. The maximum absolute atomic E-state index is 12.4. The molecule has 1 aliphatic heterocycles. The predicted octanol–water partition coefficient (Wildman–Crippen LogP) is 3.49. The molecule has 3 N–H and O–H groups in total. The van der Waals surface area contributed by atoms with Crippen LogP contribution in [0.3, 0.4) is 0 Å². The summed E-state index contributed by atoms with van der Waals surface area (Å²) < 4.78 is 11.8. The van der Waals surface area contributed by atoms with Gasteiger partial charge in [-0.05, 0) is 51.0 Å². The first-order valence-electron chi connectivity index (χ1n) is 10.3. The predicted molar refractivity (Wildman–Crippen MR) is 114 cm³/mol. The van der Waals surface area contributed by atoms with Crippen LogP contribution in [0, 0.1) is 0 Å². The molecule has 7 nitrogen and oxygen atoms in total. The van der Waals surface area contributed by atoms with Crippen molar-refractivity contribution in [1.82, 2.24) is 10.6 Å². The number of nitrogens with one attached hydrogen (secondary N) is 3. The number of amides is 3. The van der Waals surface area contributed by atoms with Crippen LogP contribution < -0.4 is 25.4 Å². The van der Waals surface area contributed by atoms with Gasteiger partial charge in [0, 0.05) is 29.3 Å². The number of hydrogen-bond acceptors (Lipinski definition) is 4. The normalized spacial score (nSPS) is 16.2. The van der Waals surface area contributed by atoms with Crippen LogP contribution in [-0.2, 0) is 6.42 Å². The van der Waals surface area contributed by atoms with E-state index in [2.05, 4.69) is 29.8 Å². The van der Waals surface area contributed by atoms with Gasteiger partial charge in [-0.3, -0.25) is 4.79 Å². The average Bonchev–Trinajstić information content (AvgIpc) is 3.44. The molecule has 0 radical (unpaired) electrons. The Morgan fingerprint density at radius 2 is 1.97 bits per heavy atom. The van der Waals surface area contributed by atoms with Crippen LogP contribution in [0.4, 0.5) is 10.5 Å². The second-order valence-electron chi connectivity index (χ2n) is 8.34. The second-order valence-corrected chi connectivity index (χ2v) is 8.34. The van der Waals surface area contributed by atoms with Gasteiger partial charge in [0.15, 0.2) is 11.5 Å². The minimum absolute atomic E-state index is 0.222. The van der Waals surface area contributed by atoms with Gasteiger partial charge in [0.25, 0.3) is 5.91 Å². The Balaban J connectivity index is 1.26. The highest BCUT2D eigenvalue weighted by Crippen LogP contribution is 2.41. The van der Waals surface area contributed by atoms with E-state index in [1.54, 1.807) is 24.3 Å². The minimum Gasteiger partial charge on any atom is -0.488 e. The Kier molecular flexibility index (Phi) is 5.53. The Morgan fingerprint density at radius 3 is 2.77 bits per heavy atom. The Morgan fingerprint density at radius 1 is 1.17 bits per heavy atom. The van der Waals surface area contributed by atoms with Crippen LogP contribution in [0.25, 0.3) is 0 Å². The molecule has 0 aromatic heterocycles. The van der Waals surface area contributed by atoms with Crippen LogP contribution in [0.2, 0.25) is 0 Å². The number of anilines is 1. The number of rotatable bonds is 7. The molecule has 0 atom stereocenters. The van der Waals surface area contributed by atoms with Crippen LogP contribution in [-0.4, -0.2) is 36.7 Å². The summed E-state index contributed by atoms with van der Waals surface area (Å²) in [5, 5.41) is 8.46. The van der Waals surface area contributed by atoms with Crippen molar-refractivity contribution in [3.05, 3.63) is 53.6 Å². The molecule has 1 aliphatic carbocycles. The number of carbonyl (C=O) groups excluding carboxylic acids is 2. The molecular formula is C23H27N3O4. The third-order valence-corrected chi connectivity index (χ3v) is 5.00. The smallest absolute Gasteiger partial charge is 0.319 e. The summed E-state index contributed by atoms with van der Waals surface area (Å²) in [5.41, 5.74) is 1.96. The highest BCUT2D eigenvalue weighted by molar-refractivity contribution is 5.96. The fraction of sp³-hybridized carbons (Fsp3) is 0.391. The van der Waals surface area contributed by atoms with E-state index in [0.717, 1.165) is 30.6 Å². The van der Waals surface area contributed by atoms with E-state index in [-0.39, 0.29) is 23.6 Å². The largest absolute Gasteiger partial charge is 0.488 e. The lowest BCUT2D eigenvalue weighted by atomic mass is 10.0. The molecule has 0 spiro atoms. The number of benzene rings is 2. The molecule has 0 unspecified atom stereocenters. The number of para-hydroxylation sites is 1. The summed E-state index contributed by atoms with van der Waals surface area (Å²) in [5.74, 6) is 1.26. The molecule has 7 heteroatoms. The van der Waals surface area contributed by atoms with E-state index >= 15 is 0 Å². The zero-order chi connectivity index (χ0) is 21.1. The molecule has 1 saturated carbocycles. The number of ether oxygens (including phenoxy) is 2. The van der Waals surface area contributed by atoms with E-state index in [4.69, 9.17) is 9.47 Å². The summed E-state index contributed by atoms with van der Waals surface area (Å²) in [4.78, 5) is 24.3. The molecule has 3 amide bonds. The summed E-state index contributed by atoms with van der Waals surface area (Å²) in [6.45, 7) is 4.78. The Bertz CT molecular complexity index is 953. The highest BCUT2D eigenvalue weighted by Gasteiger charge is 2.32. The van der Waals surface area contributed by atoms with Crippen molar-refractivity contribution in [3.63, 3.8) is 0 Å². The van der Waals surface area contributed by atoms with Crippen molar-refractivity contribution in [3.8, 4) is 11.5 Å². The average molecular weight is 409 g/mol. The quantitative estimate of drug-likeness (QED) is 0.611. The summed E-state index contributed by atoms with van der Waals surface area (Å²) in [6, 6.07) is 12.8. The fourth-order valence-electron chi connectivity index (χ4n) is 3.45. The molecule has 1 heterocycles. The van der Waals surface area contributed by atoms with Crippen molar-refractivity contribution in [2.45, 2.75) is 44.8 Å². The summed E-state index contributed by atoms with van der Waals surface area (Å²) in [7, 11) is 0. The van der Waals surface area contributed by atoms with Crippen LogP contribution in [0.5, 0.6) is 11.5 Å². The van der Waals surface area contributed by atoms with E-state index in [1.807, 2.05) is 18.2 Å². The van der Waals surface area contributed by atoms with Crippen molar-refractivity contribution in [2.75, 3.05) is 18.5 Å². The molecule has 2 aliphatic rings. The summed E-state index contributed by atoms with van der Waals surface area (Å²) >= 11 is 0. The number of urea groups is 1. The van der Waals surface area contributed by atoms with Gasteiger partial charge >= 0.3 is 6.03 Å². The summed E-state index contributed by atoms with van der Waals surface area (Å²) in [6.07, 6.45) is 2.89. The molecule has 158 valence electrons. The van der Waals surface area contributed by atoms with Crippen LogP contribution in [0.1, 0.15) is 42.6 Å². The van der Waals surface area contributed by atoms with E-state index < -0.39 is 0 Å². The first-order chi connectivity index (χ1) is 14.4. The van der Waals surface area contributed by atoms with E-state index in [1.165, 1.54) is 0 Å². The van der Waals surface area contributed by atoms with Gasteiger partial charge in [-0.25, -0.2) is 4.79 Å². The molecular weight excluding hydrogens is 382 g/mol. The van der Waals surface area contributed by atoms with Crippen molar-refractivity contribution in [2.24, 2.45) is 0 Å². The first-order valence-corrected chi connectivity index (χ1v) is 10.3. The van der Waals surface area contributed by atoms with E-state index in [0.29, 0.717) is 30.2 Å². The second kappa shape index (κ2) is 8.26. The van der Waals surface area contributed by atoms with E-state index in [9.17, 15) is 9.59 Å². The van der Waals surface area contributed by atoms with Crippen molar-refractivity contribution >= 4 is 17.6 Å². The molecule has 30 heavy (non-hydrogen) atoms. The van der Waals surface area contributed by atoms with Gasteiger partial charge in [-0.2, -0.15) is 0 Å². The maximum Gasteiger partial charge on any atom is 0.319 e. The number of hydrogen-bond donors (Lipinski definition) is 3. The minimum atomic E-state index is -0.246. The lowest BCUT2D eigenvalue weighted by Gasteiger charge is -2.18. The number of fused-ring (bicyclic) bond motifs is 1.